The molecule has 1 amide bonds. The molecule has 0 saturated carbocycles. The fourth-order valence-electron chi connectivity index (χ4n) is 5.07. The van der Waals surface area contributed by atoms with Crippen molar-refractivity contribution in [3.63, 3.8) is 0 Å². The van der Waals surface area contributed by atoms with E-state index in [4.69, 9.17) is 4.74 Å². The van der Waals surface area contributed by atoms with Crippen LogP contribution in [0.3, 0.4) is 0 Å². The number of hydrogen-bond acceptors (Lipinski definition) is 10. The summed E-state index contributed by atoms with van der Waals surface area (Å²) in [5.41, 5.74) is 1.21. The number of aliphatic hydroxyl groups is 1. The number of carbonyl (C=O) groups excluding carboxylic acids is 2. The van der Waals surface area contributed by atoms with Crippen LogP contribution in [-0.4, -0.2) is 63.0 Å². The Morgan fingerprint density at radius 2 is 2.00 bits per heavy atom. The molecule has 194 valence electrons. The summed E-state index contributed by atoms with van der Waals surface area (Å²) in [6.07, 6.45) is 1.51. The Hall–Kier alpha value is -3.62. The molecule has 0 aliphatic carbocycles. The topological polar surface area (TPSA) is 161 Å². The van der Waals surface area contributed by atoms with Gasteiger partial charge in [-0.25, -0.2) is 18.2 Å². The number of ether oxygens (including phenoxy) is 1. The summed E-state index contributed by atoms with van der Waals surface area (Å²) in [6.45, 7) is 3.12. The lowest BCUT2D eigenvalue weighted by atomic mass is 9.77. The van der Waals surface area contributed by atoms with Crippen molar-refractivity contribution >= 4 is 49.1 Å². The normalized spacial score (nSPS) is 22.2. The van der Waals surface area contributed by atoms with Crippen LogP contribution >= 0.6 is 11.3 Å². The third-order valence-corrected chi connectivity index (χ3v) is 8.54. The number of nitro benzene ring substituents is 1. The molecule has 2 aliphatic rings. The molecule has 4 atom stereocenters. The van der Waals surface area contributed by atoms with E-state index < -0.39 is 50.6 Å². The average molecular weight is 547 g/mol. The van der Waals surface area contributed by atoms with Crippen LogP contribution in [0.2, 0.25) is 0 Å². The van der Waals surface area contributed by atoms with E-state index in [-0.39, 0.29) is 23.1 Å². The molecule has 0 unspecified atom stereocenters. The van der Waals surface area contributed by atoms with Gasteiger partial charge in [-0.1, -0.05) is 6.92 Å². The first-order valence-electron chi connectivity index (χ1n) is 11.2. The highest BCUT2D eigenvalue weighted by atomic mass is 32.2. The molecule has 1 aromatic carbocycles. The Kier molecular flexibility index (Phi) is 5.92. The number of aliphatic hydroxyl groups excluding tert-OH is 1. The molecule has 1 saturated heterocycles. The van der Waals surface area contributed by atoms with Crippen LogP contribution in [0, 0.1) is 22.0 Å². The fourth-order valence-corrected chi connectivity index (χ4v) is 6.77. The number of nitro groups is 1. The average Bonchev–Trinajstić information content (AvgIpc) is 3.48. The number of esters is 1. The Bertz CT molecular complexity index is 1590. The second kappa shape index (κ2) is 8.75. The number of aromatic nitrogens is 2. The van der Waals surface area contributed by atoms with Crippen molar-refractivity contribution in [1.29, 1.82) is 0 Å². The molecule has 0 radical (unpaired) electrons. The highest BCUT2D eigenvalue weighted by Gasteiger charge is 2.60. The largest absolute Gasteiger partial charge is 0.456 e. The number of hydrogen-bond donors (Lipinski definition) is 1. The molecular formula is C23H22N4O8S2. The number of β-lactam (4-membered cyclic amide) rings is 1. The van der Waals surface area contributed by atoms with Crippen LogP contribution in [0.4, 0.5) is 5.69 Å². The maximum absolute atomic E-state index is 13.4. The molecule has 12 nitrogen and oxygen atoms in total. The van der Waals surface area contributed by atoms with E-state index in [9.17, 15) is 33.2 Å². The Morgan fingerprint density at radius 3 is 2.59 bits per heavy atom. The number of imidazole rings is 1. The second-order valence-corrected chi connectivity index (χ2v) is 11.9. The van der Waals surface area contributed by atoms with Crippen LogP contribution in [0.5, 0.6) is 0 Å². The van der Waals surface area contributed by atoms with Crippen LogP contribution in [-0.2, 0) is 30.8 Å². The third-order valence-electron chi connectivity index (χ3n) is 6.72. The van der Waals surface area contributed by atoms with E-state index in [2.05, 4.69) is 4.98 Å². The van der Waals surface area contributed by atoms with Gasteiger partial charge >= 0.3 is 5.97 Å². The van der Waals surface area contributed by atoms with Gasteiger partial charge in [-0.2, -0.15) is 0 Å². The van der Waals surface area contributed by atoms with Gasteiger partial charge in [0.05, 0.1) is 34.9 Å². The first-order valence-corrected chi connectivity index (χ1v) is 14.0. The van der Waals surface area contributed by atoms with E-state index >= 15 is 0 Å². The van der Waals surface area contributed by atoms with Crippen LogP contribution in [0.1, 0.15) is 25.1 Å². The number of nitrogens with zero attached hydrogens (tertiary/aromatic N) is 4. The molecule has 5 rings (SSSR count). The van der Waals surface area contributed by atoms with Gasteiger partial charge in [0.25, 0.3) is 5.69 Å². The van der Waals surface area contributed by atoms with Gasteiger partial charge < -0.3 is 14.7 Å². The summed E-state index contributed by atoms with van der Waals surface area (Å²) in [6, 6.07) is 5.00. The standard InChI is InChI=1S/C23H22N4O8S2/c1-11-17(15-10-36-16-8-24-23(25(15)16)37(3,33)34)20(26-19(11)18(12(2)28)21(26)29)22(30)35-9-13-4-6-14(7-5-13)27(31)32/h4-8,10-12,18-19,28H,9H2,1-3H3/t11-,12+,18+,19+/m0/s1. The van der Waals surface area contributed by atoms with Crippen molar-refractivity contribution < 1.29 is 32.8 Å². The Balaban J connectivity index is 1.57. The third kappa shape index (κ3) is 3.91. The zero-order valence-electron chi connectivity index (χ0n) is 19.9. The highest BCUT2D eigenvalue weighted by Crippen LogP contribution is 2.51. The quantitative estimate of drug-likeness (QED) is 0.202. The number of thiazole rings is 1. The van der Waals surface area contributed by atoms with Crippen LogP contribution < -0.4 is 0 Å². The SMILES string of the molecule is C[C@@H](O)[C@H]1C(=O)N2C(C(=O)OCc3ccc([N+](=O)[O-])cc3)=C(c3csc4cnc(S(C)(=O)=O)n34)[C@H](C)[C@H]12. The number of rotatable bonds is 7. The maximum Gasteiger partial charge on any atom is 0.355 e. The van der Waals surface area contributed by atoms with E-state index in [1.165, 1.54) is 58.0 Å². The number of benzene rings is 1. The summed E-state index contributed by atoms with van der Waals surface area (Å²) in [7, 11) is -3.71. The molecule has 14 heteroatoms. The fraction of sp³-hybridized carbons (Fsp3) is 0.348. The van der Waals surface area contributed by atoms with E-state index in [0.29, 0.717) is 21.7 Å². The van der Waals surface area contributed by atoms with Gasteiger partial charge in [-0.15, -0.1) is 11.3 Å². The predicted molar refractivity (Wildman–Crippen MR) is 131 cm³/mol. The number of fused-ring (bicyclic) bond motifs is 2. The van der Waals surface area contributed by atoms with Crippen molar-refractivity contribution in [3.8, 4) is 0 Å². The molecule has 0 bridgehead atoms. The number of amides is 1. The van der Waals surface area contributed by atoms with Gasteiger partial charge in [-0.3, -0.25) is 19.3 Å². The smallest absolute Gasteiger partial charge is 0.355 e. The van der Waals surface area contributed by atoms with E-state index in [1.54, 1.807) is 5.38 Å². The zero-order valence-corrected chi connectivity index (χ0v) is 21.5. The molecule has 2 aliphatic heterocycles. The summed E-state index contributed by atoms with van der Waals surface area (Å²) in [5.74, 6) is -2.38. The lowest BCUT2D eigenvalue weighted by molar-refractivity contribution is -0.384. The van der Waals surface area contributed by atoms with E-state index in [1.807, 2.05) is 6.92 Å². The van der Waals surface area contributed by atoms with Gasteiger partial charge in [0.15, 0.2) is 0 Å². The summed E-state index contributed by atoms with van der Waals surface area (Å²) >= 11 is 1.24. The van der Waals surface area contributed by atoms with Crippen molar-refractivity contribution in [3.05, 3.63) is 62.9 Å². The lowest BCUT2D eigenvalue weighted by Gasteiger charge is -2.46. The molecule has 1 N–H and O–H groups in total. The van der Waals surface area contributed by atoms with Crippen LogP contribution in [0.25, 0.3) is 10.4 Å². The van der Waals surface area contributed by atoms with E-state index in [0.717, 1.165) is 6.26 Å². The molecule has 4 heterocycles. The number of carbonyl (C=O) groups is 2. The first-order chi connectivity index (χ1) is 17.4. The van der Waals surface area contributed by atoms with Crippen molar-refractivity contribution in [2.24, 2.45) is 11.8 Å². The van der Waals surface area contributed by atoms with Crippen molar-refractivity contribution in [2.75, 3.05) is 6.26 Å². The Morgan fingerprint density at radius 1 is 1.32 bits per heavy atom. The van der Waals surface area contributed by atoms with Gasteiger partial charge in [0.1, 0.15) is 17.1 Å². The second-order valence-electron chi connectivity index (χ2n) is 9.12. The van der Waals surface area contributed by atoms with Gasteiger partial charge in [0.2, 0.25) is 20.9 Å². The number of sulfone groups is 1. The minimum atomic E-state index is -3.71. The minimum Gasteiger partial charge on any atom is -0.456 e. The van der Waals surface area contributed by atoms with Gasteiger partial charge in [-0.05, 0) is 24.6 Å². The summed E-state index contributed by atoms with van der Waals surface area (Å²) in [5, 5.41) is 22.6. The highest BCUT2D eigenvalue weighted by molar-refractivity contribution is 7.90. The van der Waals surface area contributed by atoms with Gasteiger partial charge in [0, 0.05) is 35.3 Å². The monoisotopic (exact) mass is 546 g/mol. The molecule has 0 spiro atoms. The molecule has 37 heavy (non-hydrogen) atoms. The lowest BCUT2D eigenvalue weighted by Crippen LogP contribution is -2.63. The molecular weight excluding hydrogens is 524 g/mol. The molecule has 1 fully saturated rings. The molecule has 3 aromatic rings. The Labute approximate surface area is 214 Å². The minimum absolute atomic E-state index is 0.0193. The first kappa shape index (κ1) is 25.0. The van der Waals surface area contributed by atoms with Crippen molar-refractivity contribution in [2.45, 2.75) is 37.8 Å². The van der Waals surface area contributed by atoms with Crippen molar-refractivity contribution in [1.82, 2.24) is 14.3 Å². The maximum atomic E-state index is 13.4. The molecule has 2 aromatic heterocycles. The summed E-state index contributed by atoms with van der Waals surface area (Å²) < 4.78 is 31.8. The summed E-state index contributed by atoms with van der Waals surface area (Å²) in [4.78, 5) is 42.7. The number of non-ortho nitro benzene ring substituents is 1. The zero-order chi connectivity index (χ0) is 26.8. The van der Waals surface area contributed by atoms with Crippen LogP contribution in [0.15, 0.2) is 46.7 Å². The predicted octanol–water partition coefficient (Wildman–Crippen LogP) is 2.02.